The van der Waals surface area contributed by atoms with Crippen LogP contribution in [0.4, 0.5) is 23.8 Å². The van der Waals surface area contributed by atoms with Crippen molar-refractivity contribution in [1.82, 2.24) is 20.1 Å². The van der Waals surface area contributed by atoms with Crippen molar-refractivity contribution in [2.24, 2.45) is 0 Å². The largest absolute Gasteiger partial charge is 0.481 e. The van der Waals surface area contributed by atoms with Crippen molar-refractivity contribution < 1.29 is 32.0 Å². The number of anilines is 1. The topological polar surface area (TPSA) is 112 Å². The van der Waals surface area contributed by atoms with Crippen LogP contribution >= 0.6 is 0 Å². The van der Waals surface area contributed by atoms with E-state index in [0.29, 0.717) is 11.4 Å². The maximum Gasteiger partial charge on any atom is 0.471 e. The summed E-state index contributed by atoms with van der Waals surface area (Å²) in [4.78, 5) is 22.9. The molecule has 28 heavy (non-hydrogen) atoms. The first-order chi connectivity index (χ1) is 13.3. The maximum absolute atomic E-state index is 12.5. The molecule has 3 heterocycles. The summed E-state index contributed by atoms with van der Waals surface area (Å²) in [5.41, 5.74) is 0.833. The first-order valence-electron chi connectivity index (χ1n) is 7.65. The van der Waals surface area contributed by atoms with Gasteiger partial charge in [-0.1, -0.05) is 5.16 Å². The van der Waals surface area contributed by atoms with Gasteiger partial charge < -0.3 is 14.0 Å². The van der Waals surface area contributed by atoms with Crippen LogP contribution in [0.1, 0.15) is 11.5 Å². The minimum atomic E-state index is -4.73. The van der Waals surface area contributed by atoms with Crippen molar-refractivity contribution in [3.63, 3.8) is 0 Å². The van der Waals surface area contributed by atoms with Gasteiger partial charge >= 0.3 is 18.2 Å². The van der Waals surface area contributed by atoms with E-state index in [9.17, 15) is 18.0 Å². The summed E-state index contributed by atoms with van der Waals surface area (Å²) in [6, 6.07) is 6.04. The molecular formula is C16H12F3N5O4. The molecule has 0 fully saturated rings. The number of nitrogens with one attached hydrogen (secondary N) is 1. The fourth-order valence-corrected chi connectivity index (χ4v) is 1.96. The lowest BCUT2D eigenvalue weighted by Crippen LogP contribution is -2.14. The highest BCUT2D eigenvalue weighted by Crippen LogP contribution is 2.29. The molecule has 12 heteroatoms. The number of hydrogen-bond donors (Lipinski definition) is 1. The zero-order valence-electron chi connectivity index (χ0n) is 14.2. The van der Waals surface area contributed by atoms with E-state index in [1.807, 2.05) is 0 Å². The molecule has 0 saturated carbocycles. The normalized spacial score (nSPS) is 11.1. The Morgan fingerprint density at radius 2 is 2.00 bits per heavy atom. The molecule has 0 aliphatic rings. The number of nitrogens with zero attached hydrogens (tertiary/aromatic N) is 4. The Kier molecular flexibility index (Phi) is 5.38. The van der Waals surface area contributed by atoms with Crippen LogP contribution in [0.15, 0.2) is 41.2 Å². The number of alkyl halides is 3. The summed E-state index contributed by atoms with van der Waals surface area (Å²) in [6.07, 6.45) is -2.81. The van der Waals surface area contributed by atoms with Gasteiger partial charge in [0.2, 0.25) is 11.7 Å². The first-order valence-corrected chi connectivity index (χ1v) is 7.65. The van der Waals surface area contributed by atoms with Gasteiger partial charge in [0.15, 0.2) is 0 Å². The van der Waals surface area contributed by atoms with E-state index in [-0.39, 0.29) is 23.8 Å². The number of ether oxygens (including phenoxy) is 2. The number of methoxy groups -OCH3 is 1. The molecule has 3 aromatic heterocycles. The third kappa shape index (κ3) is 4.72. The van der Waals surface area contributed by atoms with E-state index in [4.69, 9.17) is 9.47 Å². The number of carbonyl (C=O) groups is 1. The summed E-state index contributed by atoms with van der Waals surface area (Å²) in [5, 5.41) is 5.63. The molecule has 0 aromatic carbocycles. The lowest BCUT2D eigenvalue weighted by atomic mass is 10.2. The standard InChI is InChI=1S/C16H12F3N5O4/c1-26-12-5-2-9(6-21-12)8-27-15(25)22-11-4-3-10(7-20-11)13-23-14(28-24-13)16(17,18)19/h2-7H,8H2,1H3,(H,20,22,25). The molecule has 3 aromatic rings. The van der Waals surface area contributed by atoms with E-state index < -0.39 is 18.2 Å². The second kappa shape index (κ2) is 7.90. The fraction of sp³-hybridized carbons (Fsp3) is 0.188. The van der Waals surface area contributed by atoms with Gasteiger partial charge in [-0.2, -0.15) is 18.2 Å². The predicted octanol–water partition coefficient (Wildman–Crippen LogP) is 3.30. The van der Waals surface area contributed by atoms with Crippen LogP contribution in [0, 0.1) is 0 Å². The summed E-state index contributed by atoms with van der Waals surface area (Å²) >= 11 is 0. The zero-order chi connectivity index (χ0) is 20.1. The molecule has 0 bridgehead atoms. The Bertz CT molecular complexity index is 942. The quantitative estimate of drug-likeness (QED) is 0.700. The summed E-state index contributed by atoms with van der Waals surface area (Å²) in [5.74, 6) is -1.18. The molecule has 9 nitrogen and oxygen atoms in total. The summed E-state index contributed by atoms with van der Waals surface area (Å²) < 4.78 is 51.5. The third-order valence-electron chi connectivity index (χ3n) is 3.30. The zero-order valence-corrected chi connectivity index (χ0v) is 14.2. The average molecular weight is 395 g/mol. The van der Waals surface area contributed by atoms with E-state index >= 15 is 0 Å². The number of amides is 1. The number of hydrogen-bond acceptors (Lipinski definition) is 8. The maximum atomic E-state index is 12.5. The Morgan fingerprint density at radius 1 is 1.18 bits per heavy atom. The molecule has 1 N–H and O–H groups in total. The van der Waals surface area contributed by atoms with Crippen LogP contribution in [0.5, 0.6) is 5.88 Å². The molecule has 0 aliphatic heterocycles. The van der Waals surface area contributed by atoms with E-state index in [1.165, 1.54) is 31.6 Å². The van der Waals surface area contributed by atoms with Crippen molar-refractivity contribution in [2.45, 2.75) is 12.8 Å². The van der Waals surface area contributed by atoms with Crippen LogP contribution < -0.4 is 10.1 Å². The van der Waals surface area contributed by atoms with Crippen molar-refractivity contribution in [2.75, 3.05) is 12.4 Å². The van der Waals surface area contributed by atoms with Crippen molar-refractivity contribution >= 4 is 11.9 Å². The Balaban J connectivity index is 1.56. The van der Waals surface area contributed by atoms with Crippen LogP contribution in [0.2, 0.25) is 0 Å². The minimum Gasteiger partial charge on any atom is -0.481 e. The summed E-state index contributed by atoms with van der Waals surface area (Å²) in [6.45, 7) is -0.0238. The van der Waals surface area contributed by atoms with Crippen LogP contribution in [0.25, 0.3) is 11.4 Å². The highest BCUT2D eigenvalue weighted by atomic mass is 19.4. The first kappa shape index (κ1) is 19.1. The predicted molar refractivity (Wildman–Crippen MR) is 87.1 cm³/mol. The lowest BCUT2D eigenvalue weighted by molar-refractivity contribution is -0.159. The van der Waals surface area contributed by atoms with Crippen LogP contribution in [-0.4, -0.2) is 33.3 Å². The molecule has 0 aliphatic carbocycles. The van der Waals surface area contributed by atoms with Crippen LogP contribution in [0.3, 0.4) is 0 Å². The molecule has 1 amide bonds. The van der Waals surface area contributed by atoms with Gasteiger partial charge in [-0.25, -0.2) is 14.8 Å². The van der Waals surface area contributed by atoms with Gasteiger partial charge in [-0.05, 0) is 18.2 Å². The highest BCUT2D eigenvalue weighted by Gasteiger charge is 2.38. The number of carbonyl (C=O) groups excluding carboxylic acids is 1. The lowest BCUT2D eigenvalue weighted by Gasteiger charge is -2.07. The fourth-order valence-electron chi connectivity index (χ4n) is 1.96. The highest BCUT2D eigenvalue weighted by molar-refractivity contribution is 5.83. The van der Waals surface area contributed by atoms with Gasteiger partial charge in [-0.15, -0.1) is 0 Å². The molecule has 0 atom stereocenters. The van der Waals surface area contributed by atoms with Gasteiger partial charge in [0.1, 0.15) is 12.4 Å². The number of aromatic nitrogens is 4. The second-order valence-electron chi connectivity index (χ2n) is 5.26. The number of pyridine rings is 2. The van der Waals surface area contributed by atoms with E-state index in [0.717, 1.165) is 0 Å². The van der Waals surface area contributed by atoms with Gasteiger partial charge in [0.05, 0.1) is 7.11 Å². The van der Waals surface area contributed by atoms with Crippen molar-refractivity contribution in [3.8, 4) is 17.3 Å². The van der Waals surface area contributed by atoms with Gasteiger partial charge in [-0.3, -0.25) is 5.32 Å². The number of rotatable bonds is 5. The monoisotopic (exact) mass is 395 g/mol. The Labute approximate surface area is 155 Å². The molecule has 0 spiro atoms. The average Bonchev–Trinajstić information content (AvgIpc) is 3.18. The minimum absolute atomic E-state index is 0.0238. The van der Waals surface area contributed by atoms with Crippen molar-refractivity contribution in [1.29, 1.82) is 0 Å². The Morgan fingerprint density at radius 3 is 2.57 bits per heavy atom. The molecule has 146 valence electrons. The van der Waals surface area contributed by atoms with Gasteiger partial charge in [0.25, 0.3) is 0 Å². The second-order valence-corrected chi connectivity index (χ2v) is 5.26. The number of halogens is 3. The Hall–Kier alpha value is -3.70. The van der Waals surface area contributed by atoms with Crippen LogP contribution in [-0.2, 0) is 17.5 Å². The molecular weight excluding hydrogens is 383 g/mol. The van der Waals surface area contributed by atoms with Gasteiger partial charge in [0, 0.05) is 29.6 Å². The smallest absolute Gasteiger partial charge is 0.471 e. The summed E-state index contributed by atoms with van der Waals surface area (Å²) in [7, 11) is 1.48. The third-order valence-corrected chi connectivity index (χ3v) is 3.30. The molecule has 0 radical (unpaired) electrons. The molecule has 0 saturated heterocycles. The molecule has 0 unspecified atom stereocenters. The van der Waals surface area contributed by atoms with E-state index in [1.54, 1.807) is 12.1 Å². The van der Waals surface area contributed by atoms with Crippen molar-refractivity contribution in [3.05, 3.63) is 48.1 Å². The molecule has 3 rings (SSSR count). The SMILES string of the molecule is COc1ccc(COC(=O)Nc2ccc(-c3noc(C(F)(F)F)n3)cn2)cn1. The van der Waals surface area contributed by atoms with E-state index in [2.05, 4.69) is 29.9 Å².